The van der Waals surface area contributed by atoms with Gasteiger partial charge in [0.15, 0.2) is 3.54 Å². The first-order valence-electron chi connectivity index (χ1n) is 17.5. The summed E-state index contributed by atoms with van der Waals surface area (Å²) in [6.07, 6.45) is 3.68. The summed E-state index contributed by atoms with van der Waals surface area (Å²) in [6.45, 7) is 6.65. The first-order valence-corrected chi connectivity index (χ1v) is 18.9. The number of imide groups is 1. The largest absolute Gasteiger partial charge is 0.496 e. The molecular formula is C38H42N6O7S3. The minimum Gasteiger partial charge on any atom is -0.496 e. The molecule has 3 aliphatic rings. The number of fused-ring (bicyclic) bond motifs is 2. The van der Waals surface area contributed by atoms with E-state index in [1.54, 1.807) is 31.4 Å². The van der Waals surface area contributed by atoms with Crippen molar-refractivity contribution < 1.29 is 28.6 Å². The average Bonchev–Trinajstić information content (AvgIpc) is 3.47. The molecule has 0 spiro atoms. The maximum absolute atomic E-state index is 13.5. The molecule has 4 aromatic rings. The number of carbonyl (C=O) groups excluding carboxylic acids is 3. The summed E-state index contributed by atoms with van der Waals surface area (Å²) < 4.78 is 17.3. The van der Waals surface area contributed by atoms with Gasteiger partial charge in [-0.25, -0.2) is 4.98 Å². The number of pyridine rings is 2. The number of benzene rings is 2. The zero-order chi connectivity index (χ0) is 38.6. The summed E-state index contributed by atoms with van der Waals surface area (Å²) in [5.41, 5.74) is 4.33. The Bertz CT molecular complexity index is 2200. The van der Waals surface area contributed by atoms with Gasteiger partial charge in [0.25, 0.3) is 11.5 Å². The molecule has 13 nitrogen and oxygen atoms in total. The lowest BCUT2D eigenvalue weighted by atomic mass is 9.97. The molecule has 0 bridgehead atoms. The molecule has 54 heavy (non-hydrogen) atoms. The van der Waals surface area contributed by atoms with Crippen LogP contribution < -0.4 is 30.0 Å². The van der Waals surface area contributed by atoms with Gasteiger partial charge in [-0.1, -0.05) is 6.07 Å². The Morgan fingerprint density at radius 2 is 1.57 bits per heavy atom. The maximum atomic E-state index is 13.5. The van der Waals surface area contributed by atoms with Crippen LogP contribution in [0.4, 0.5) is 5.69 Å². The number of methoxy groups -OCH3 is 3. The Labute approximate surface area is 329 Å². The van der Waals surface area contributed by atoms with Crippen LogP contribution in [-0.4, -0.2) is 89.6 Å². The Hall–Kier alpha value is -4.38. The van der Waals surface area contributed by atoms with Crippen molar-refractivity contribution in [2.45, 2.75) is 61.4 Å². The molecule has 3 atom stereocenters. The number of nitrogens with zero attached hydrogens (tertiary/aromatic N) is 5. The van der Waals surface area contributed by atoms with Crippen molar-refractivity contribution in [2.24, 2.45) is 0 Å². The molecule has 5 heterocycles. The van der Waals surface area contributed by atoms with Crippen LogP contribution in [0.2, 0.25) is 0 Å². The summed E-state index contributed by atoms with van der Waals surface area (Å²) in [5.74, 6) is 0.675. The van der Waals surface area contributed by atoms with Gasteiger partial charge in [0, 0.05) is 85.3 Å². The zero-order valence-corrected chi connectivity index (χ0v) is 33.2. The van der Waals surface area contributed by atoms with Crippen LogP contribution in [0.25, 0.3) is 21.9 Å². The highest BCUT2D eigenvalue weighted by atomic mass is 32.2. The number of nitrogens with one attached hydrogen (secondary N) is 1. The second-order valence-electron chi connectivity index (χ2n) is 14.0. The fraction of sp³-hybridized carbons (Fsp3) is 0.395. The van der Waals surface area contributed by atoms with E-state index in [1.807, 2.05) is 30.3 Å². The average molecular weight is 791 g/mol. The predicted molar refractivity (Wildman–Crippen MR) is 215 cm³/mol. The lowest BCUT2D eigenvalue weighted by molar-refractivity contribution is -0.136. The lowest BCUT2D eigenvalue weighted by Crippen LogP contribution is -2.56. The number of aromatic nitrogens is 2. The van der Waals surface area contributed by atoms with E-state index < -0.39 is 15.5 Å². The van der Waals surface area contributed by atoms with Crippen LogP contribution in [0.15, 0.2) is 53.6 Å². The molecule has 0 radical (unpaired) electrons. The molecular weight excluding hydrogens is 749 g/mol. The highest BCUT2D eigenvalue weighted by Crippen LogP contribution is 2.41. The summed E-state index contributed by atoms with van der Waals surface area (Å²) in [7, 11) is 4.76. The third-order valence-electron chi connectivity index (χ3n) is 10.6. The number of piperidine rings is 1. The summed E-state index contributed by atoms with van der Waals surface area (Å²) in [4.78, 5) is 61.7. The van der Waals surface area contributed by atoms with E-state index in [9.17, 15) is 19.2 Å². The molecule has 2 fully saturated rings. The quantitative estimate of drug-likeness (QED) is 0.111. The molecule has 16 heteroatoms. The van der Waals surface area contributed by atoms with E-state index in [2.05, 4.69) is 71.8 Å². The van der Waals surface area contributed by atoms with E-state index in [-0.39, 0.29) is 35.9 Å². The van der Waals surface area contributed by atoms with Crippen molar-refractivity contribution in [2.75, 3.05) is 39.3 Å². The summed E-state index contributed by atoms with van der Waals surface area (Å²) in [5, 5.41) is 3.33. The highest BCUT2D eigenvalue weighted by molar-refractivity contribution is 8.15. The van der Waals surface area contributed by atoms with Crippen molar-refractivity contribution in [3.63, 3.8) is 0 Å². The second-order valence-corrected chi connectivity index (χ2v) is 17.0. The van der Waals surface area contributed by atoms with E-state index in [4.69, 9.17) is 14.2 Å². The molecule has 2 saturated heterocycles. The van der Waals surface area contributed by atoms with Crippen LogP contribution in [0.1, 0.15) is 48.2 Å². The fourth-order valence-corrected chi connectivity index (χ4v) is 8.32. The van der Waals surface area contributed by atoms with Gasteiger partial charge >= 0.3 is 0 Å². The number of amides is 3. The number of thiol groups is 3. The van der Waals surface area contributed by atoms with Crippen LogP contribution in [-0.2, 0) is 26.2 Å². The van der Waals surface area contributed by atoms with Crippen molar-refractivity contribution >= 4 is 72.1 Å². The fourth-order valence-electron chi connectivity index (χ4n) is 7.88. The molecule has 2 aromatic carbocycles. The number of anilines is 1. The van der Waals surface area contributed by atoms with Gasteiger partial charge in [-0.05, 0) is 55.7 Å². The summed E-state index contributed by atoms with van der Waals surface area (Å²) in [6, 6.07) is 11.1. The number of carbonyl (C=O) groups is 3. The SMILES string of the molecule is COc1cc2c(-c3cc(OC)c(CN4[C@H](C)CN(c5ccc6c(c5)C(=O)N(C5CCC(=O)NC5=O)C6)C[C@H]4C)c(OC)c3)cn(C(S)(S)S)c(=O)c2cn1. The molecule has 1 N–H and O–H groups in total. The van der Waals surface area contributed by atoms with Gasteiger partial charge in [-0.15, -0.1) is 37.9 Å². The molecule has 284 valence electrons. The molecule has 2 aromatic heterocycles. The Morgan fingerprint density at radius 3 is 2.19 bits per heavy atom. The van der Waals surface area contributed by atoms with Crippen LogP contribution in [0.5, 0.6) is 17.4 Å². The van der Waals surface area contributed by atoms with E-state index in [0.29, 0.717) is 71.9 Å². The molecule has 7 rings (SSSR count). The first-order chi connectivity index (χ1) is 25.7. The Morgan fingerprint density at radius 1 is 0.889 bits per heavy atom. The van der Waals surface area contributed by atoms with Crippen molar-refractivity contribution in [3.05, 3.63) is 75.8 Å². The molecule has 1 unspecified atom stereocenters. The maximum Gasteiger partial charge on any atom is 0.262 e. The smallest absolute Gasteiger partial charge is 0.262 e. The number of piperazine rings is 1. The number of rotatable bonds is 9. The van der Waals surface area contributed by atoms with Gasteiger partial charge in [0.05, 0.1) is 32.3 Å². The van der Waals surface area contributed by atoms with Gasteiger partial charge in [0.1, 0.15) is 17.5 Å². The van der Waals surface area contributed by atoms with E-state index in [1.165, 1.54) is 17.9 Å². The van der Waals surface area contributed by atoms with Crippen LogP contribution in [0.3, 0.4) is 0 Å². The predicted octanol–water partition coefficient (Wildman–Crippen LogP) is 4.31. The monoisotopic (exact) mass is 790 g/mol. The lowest BCUT2D eigenvalue weighted by Gasteiger charge is -2.45. The Balaban J connectivity index is 1.15. The van der Waals surface area contributed by atoms with E-state index in [0.717, 1.165) is 22.4 Å². The van der Waals surface area contributed by atoms with Gasteiger partial charge in [-0.3, -0.25) is 34.0 Å². The molecule has 0 saturated carbocycles. The van der Waals surface area contributed by atoms with Gasteiger partial charge < -0.3 is 24.0 Å². The van der Waals surface area contributed by atoms with Crippen molar-refractivity contribution in [1.82, 2.24) is 24.7 Å². The van der Waals surface area contributed by atoms with Crippen LogP contribution in [0, 0.1) is 0 Å². The number of ether oxygens (including phenoxy) is 3. The first kappa shape index (κ1) is 37.9. The third kappa shape index (κ3) is 6.88. The number of hydrogen-bond acceptors (Lipinski definition) is 13. The van der Waals surface area contributed by atoms with Crippen molar-refractivity contribution in [1.29, 1.82) is 0 Å². The topological polar surface area (TPSA) is 136 Å². The zero-order valence-electron chi connectivity index (χ0n) is 30.5. The minimum absolute atomic E-state index is 0.105. The molecule has 3 amide bonds. The Kier molecular flexibility index (Phi) is 10.3. The third-order valence-corrected chi connectivity index (χ3v) is 11.3. The van der Waals surface area contributed by atoms with Gasteiger partial charge in [-0.2, -0.15) is 0 Å². The summed E-state index contributed by atoms with van der Waals surface area (Å²) >= 11 is 13.4. The standard InChI is InChI=1S/C38H42N6O7S3/c1-20-15-41(24-7-6-22-17-43(36(47)25(22)12-24)30-8-9-33(45)40-35(30)46)16-21(2)42(20)18-29-31(49-3)10-23(11-32(29)50-4)28-19-44(38(52,53)54)37(48)27-14-39-34(51-5)13-26(27)28/h6-7,10-14,19-21,30,52-54H,8-9,15-18H2,1-5H3,(H,40,45,46)/t20-,21-,30?/m1/s1. The molecule has 0 aliphatic carbocycles. The second kappa shape index (κ2) is 14.7. The number of hydrogen-bond donors (Lipinski definition) is 4. The van der Waals surface area contributed by atoms with E-state index >= 15 is 0 Å². The minimum atomic E-state index is -1.39. The molecule has 3 aliphatic heterocycles. The highest BCUT2D eigenvalue weighted by Gasteiger charge is 2.40. The normalized spacial score (nSPS) is 20.7. The van der Waals surface area contributed by atoms with Gasteiger partial charge in [0.2, 0.25) is 17.7 Å². The van der Waals surface area contributed by atoms with Crippen LogP contribution >= 0.6 is 37.9 Å². The van der Waals surface area contributed by atoms with Crippen molar-refractivity contribution in [3.8, 4) is 28.5 Å².